The molecule has 0 aliphatic carbocycles. The third kappa shape index (κ3) is 8.08. The SMILES string of the molecule is CC(C)NC(=O)[C@H](C)N(Cc1c(Cl)cccc1Cl)C(=O)CCCN(c1ccccc1F)S(C)(=O)=O. The van der Waals surface area contributed by atoms with Crippen LogP contribution in [0.5, 0.6) is 0 Å². The second-order valence-electron chi connectivity index (χ2n) is 8.45. The summed E-state index contributed by atoms with van der Waals surface area (Å²) in [5, 5.41) is 3.50. The molecule has 192 valence electrons. The number of carbonyl (C=O) groups excluding carboxylic acids is 2. The van der Waals surface area contributed by atoms with Crippen LogP contribution < -0.4 is 9.62 Å². The number of hydrogen-bond acceptors (Lipinski definition) is 4. The molecule has 2 amide bonds. The molecule has 0 spiro atoms. The van der Waals surface area contributed by atoms with E-state index in [1.165, 1.54) is 29.2 Å². The van der Waals surface area contributed by atoms with Gasteiger partial charge in [0, 0.05) is 41.2 Å². The zero-order valence-corrected chi connectivity index (χ0v) is 22.4. The van der Waals surface area contributed by atoms with E-state index >= 15 is 0 Å². The predicted molar refractivity (Wildman–Crippen MR) is 138 cm³/mol. The molecule has 1 N–H and O–H groups in total. The Bertz CT molecular complexity index is 1140. The quantitative estimate of drug-likeness (QED) is 0.446. The van der Waals surface area contributed by atoms with E-state index < -0.39 is 27.8 Å². The highest BCUT2D eigenvalue weighted by molar-refractivity contribution is 7.92. The van der Waals surface area contributed by atoms with E-state index in [-0.39, 0.29) is 43.6 Å². The van der Waals surface area contributed by atoms with Gasteiger partial charge in [-0.25, -0.2) is 12.8 Å². The highest BCUT2D eigenvalue weighted by Crippen LogP contribution is 2.27. The van der Waals surface area contributed by atoms with Gasteiger partial charge >= 0.3 is 0 Å². The predicted octanol–water partition coefficient (Wildman–Crippen LogP) is 4.62. The Morgan fingerprint density at radius 2 is 1.63 bits per heavy atom. The molecule has 0 radical (unpaired) electrons. The van der Waals surface area contributed by atoms with Crippen molar-refractivity contribution < 1.29 is 22.4 Å². The van der Waals surface area contributed by atoms with Gasteiger partial charge in [0.05, 0.1) is 11.9 Å². The Morgan fingerprint density at radius 3 is 2.17 bits per heavy atom. The van der Waals surface area contributed by atoms with Crippen LogP contribution in [0.1, 0.15) is 39.2 Å². The van der Waals surface area contributed by atoms with Gasteiger partial charge in [-0.1, -0.05) is 41.4 Å². The van der Waals surface area contributed by atoms with E-state index in [9.17, 15) is 22.4 Å². The van der Waals surface area contributed by atoms with E-state index in [1.54, 1.807) is 25.1 Å². The Labute approximate surface area is 216 Å². The lowest BCUT2D eigenvalue weighted by molar-refractivity contribution is -0.140. The van der Waals surface area contributed by atoms with Gasteiger partial charge in [0.25, 0.3) is 0 Å². The van der Waals surface area contributed by atoms with E-state index in [0.29, 0.717) is 15.6 Å². The van der Waals surface area contributed by atoms with Crippen LogP contribution in [-0.4, -0.2) is 50.0 Å². The molecule has 0 bridgehead atoms. The summed E-state index contributed by atoms with van der Waals surface area (Å²) in [6.07, 6.45) is 0.999. The van der Waals surface area contributed by atoms with Crippen LogP contribution in [0, 0.1) is 5.82 Å². The molecule has 7 nitrogen and oxygen atoms in total. The fourth-order valence-corrected chi connectivity index (χ4v) is 4.96. The third-order valence-corrected chi connectivity index (χ3v) is 7.15. The first-order valence-corrected chi connectivity index (χ1v) is 13.7. The van der Waals surface area contributed by atoms with Gasteiger partial charge in [-0.2, -0.15) is 0 Å². The third-order valence-electron chi connectivity index (χ3n) is 5.26. The number of nitrogens with zero attached hydrogens (tertiary/aromatic N) is 2. The molecule has 0 saturated heterocycles. The summed E-state index contributed by atoms with van der Waals surface area (Å²) in [6, 6.07) is 9.52. The van der Waals surface area contributed by atoms with E-state index in [1.807, 2.05) is 13.8 Å². The van der Waals surface area contributed by atoms with Gasteiger partial charge in [0.15, 0.2) is 0 Å². The van der Waals surface area contributed by atoms with Gasteiger partial charge in [-0.05, 0) is 51.5 Å². The molecular weight excluding hydrogens is 516 g/mol. The Balaban J connectivity index is 2.24. The maximum atomic E-state index is 14.3. The van der Waals surface area contributed by atoms with Gasteiger partial charge in [0.1, 0.15) is 11.9 Å². The number of carbonyl (C=O) groups is 2. The maximum Gasteiger partial charge on any atom is 0.242 e. The number of hydrogen-bond donors (Lipinski definition) is 1. The number of anilines is 1. The lowest BCUT2D eigenvalue weighted by atomic mass is 10.1. The summed E-state index contributed by atoms with van der Waals surface area (Å²) in [5.41, 5.74) is 0.407. The Kier molecular flexibility index (Phi) is 10.4. The van der Waals surface area contributed by atoms with Crippen molar-refractivity contribution in [1.29, 1.82) is 0 Å². The smallest absolute Gasteiger partial charge is 0.242 e. The van der Waals surface area contributed by atoms with Crippen molar-refractivity contribution >= 4 is 50.7 Å². The van der Waals surface area contributed by atoms with Crippen molar-refractivity contribution in [3.8, 4) is 0 Å². The molecule has 2 rings (SSSR count). The minimum absolute atomic E-state index is 0.00682. The minimum Gasteiger partial charge on any atom is -0.352 e. The molecule has 2 aromatic carbocycles. The summed E-state index contributed by atoms with van der Waals surface area (Å²) >= 11 is 12.6. The first kappa shape index (κ1) is 28.9. The van der Waals surface area contributed by atoms with Gasteiger partial charge in [0.2, 0.25) is 21.8 Å². The van der Waals surface area contributed by atoms with Crippen LogP contribution in [0.25, 0.3) is 0 Å². The highest BCUT2D eigenvalue weighted by atomic mass is 35.5. The Morgan fingerprint density at radius 1 is 1.03 bits per heavy atom. The van der Waals surface area contributed by atoms with Crippen molar-refractivity contribution in [2.75, 3.05) is 17.1 Å². The fraction of sp³-hybridized carbons (Fsp3) is 0.417. The van der Waals surface area contributed by atoms with E-state index in [0.717, 1.165) is 10.6 Å². The lowest BCUT2D eigenvalue weighted by Gasteiger charge is -2.30. The van der Waals surface area contributed by atoms with Crippen molar-refractivity contribution in [1.82, 2.24) is 10.2 Å². The summed E-state index contributed by atoms with van der Waals surface area (Å²) in [6.45, 7) is 5.10. The number of sulfonamides is 1. The number of halogens is 3. The summed E-state index contributed by atoms with van der Waals surface area (Å²) in [4.78, 5) is 27.3. The standard InChI is InChI=1S/C24H30Cl2FN3O4S/c1-16(2)28-24(32)17(3)29(15-18-19(25)9-7-10-20(18)26)23(31)13-8-14-30(35(4,33)34)22-12-6-5-11-21(22)27/h5-7,9-12,16-17H,8,13-15H2,1-4H3,(H,28,32)/t17-/m0/s1. The van der Waals surface area contributed by atoms with Crippen LogP contribution in [0.2, 0.25) is 10.0 Å². The summed E-state index contributed by atoms with van der Waals surface area (Å²) in [5.74, 6) is -1.42. The molecule has 0 aliphatic heterocycles. The average molecular weight is 546 g/mol. The van der Waals surface area contributed by atoms with Crippen molar-refractivity contribution in [3.63, 3.8) is 0 Å². The molecule has 0 fully saturated rings. The molecular formula is C24H30Cl2FN3O4S. The van der Waals surface area contributed by atoms with Crippen LogP contribution in [0.3, 0.4) is 0 Å². The monoisotopic (exact) mass is 545 g/mol. The van der Waals surface area contributed by atoms with Crippen LogP contribution in [0.15, 0.2) is 42.5 Å². The normalized spacial score (nSPS) is 12.3. The average Bonchev–Trinajstić information content (AvgIpc) is 2.75. The van der Waals surface area contributed by atoms with Crippen LogP contribution in [0.4, 0.5) is 10.1 Å². The maximum absolute atomic E-state index is 14.3. The second-order valence-corrected chi connectivity index (χ2v) is 11.2. The van der Waals surface area contributed by atoms with E-state index in [4.69, 9.17) is 23.2 Å². The summed E-state index contributed by atoms with van der Waals surface area (Å²) < 4.78 is 39.8. The number of nitrogens with one attached hydrogen (secondary N) is 1. The molecule has 0 heterocycles. The zero-order chi connectivity index (χ0) is 26.3. The number of benzene rings is 2. The largest absolute Gasteiger partial charge is 0.352 e. The first-order valence-electron chi connectivity index (χ1n) is 11.1. The molecule has 0 aliphatic rings. The molecule has 2 aromatic rings. The number of para-hydroxylation sites is 1. The van der Waals surface area contributed by atoms with Crippen molar-refractivity contribution in [3.05, 3.63) is 63.9 Å². The molecule has 1 atom stereocenters. The van der Waals surface area contributed by atoms with Crippen molar-refractivity contribution in [2.45, 2.75) is 52.2 Å². The molecule has 35 heavy (non-hydrogen) atoms. The zero-order valence-electron chi connectivity index (χ0n) is 20.1. The fourth-order valence-electron chi connectivity index (χ4n) is 3.48. The Hall–Kier alpha value is -2.36. The minimum atomic E-state index is -3.79. The molecule has 0 aromatic heterocycles. The van der Waals surface area contributed by atoms with Crippen LogP contribution in [-0.2, 0) is 26.2 Å². The second kappa shape index (κ2) is 12.6. The van der Waals surface area contributed by atoms with Gasteiger partial charge in [-0.15, -0.1) is 0 Å². The van der Waals surface area contributed by atoms with Crippen LogP contribution >= 0.6 is 23.2 Å². The highest BCUT2D eigenvalue weighted by Gasteiger charge is 2.28. The van der Waals surface area contributed by atoms with E-state index in [2.05, 4.69) is 5.32 Å². The van der Waals surface area contributed by atoms with Crippen molar-refractivity contribution in [2.24, 2.45) is 0 Å². The molecule has 0 unspecified atom stereocenters. The lowest BCUT2D eigenvalue weighted by Crippen LogP contribution is -2.49. The molecule has 0 saturated carbocycles. The van der Waals surface area contributed by atoms with Gasteiger partial charge in [-0.3, -0.25) is 13.9 Å². The first-order chi connectivity index (χ1) is 16.3. The number of rotatable bonds is 11. The topological polar surface area (TPSA) is 86.8 Å². The van der Waals surface area contributed by atoms with Gasteiger partial charge < -0.3 is 10.2 Å². The molecule has 11 heteroatoms. The number of amides is 2. The summed E-state index contributed by atoms with van der Waals surface area (Å²) in [7, 11) is -3.79.